The lowest BCUT2D eigenvalue weighted by atomic mass is 10.1. The second-order valence-electron chi connectivity index (χ2n) is 3.44. The number of phenolic OH excluding ortho intramolecular Hbond substituents is 1. The van der Waals surface area contributed by atoms with E-state index in [0.29, 0.717) is 24.3 Å². The van der Waals surface area contributed by atoms with Gasteiger partial charge < -0.3 is 19.7 Å². The third kappa shape index (κ3) is 3.27. The van der Waals surface area contributed by atoms with Crippen LogP contribution < -0.4 is 9.47 Å². The van der Waals surface area contributed by atoms with Crippen molar-refractivity contribution < 1.29 is 24.5 Å². The molecule has 0 spiro atoms. The number of hydrogen-bond donors (Lipinski definition) is 2. The van der Waals surface area contributed by atoms with Gasteiger partial charge in [0, 0.05) is 5.56 Å². The SMILES string of the molecule is CCCc1c(OCC)ccc(OC(=O)O)c1O. The second kappa shape index (κ2) is 5.98. The van der Waals surface area contributed by atoms with E-state index in [0.717, 1.165) is 6.42 Å². The summed E-state index contributed by atoms with van der Waals surface area (Å²) in [5, 5.41) is 18.4. The molecule has 0 unspecified atom stereocenters. The Labute approximate surface area is 99.6 Å². The van der Waals surface area contributed by atoms with Gasteiger partial charge in [-0.25, -0.2) is 4.79 Å². The molecular weight excluding hydrogens is 224 g/mol. The zero-order valence-corrected chi connectivity index (χ0v) is 9.90. The van der Waals surface area contributed by atoms with Crippen molar-refractivity contribution >= 4 is 6.16 Å². The maximum Gasteiger partial charge on any atom is 0.511 e. The summed E-state index contributed by atoms with van der Waals surface area (Å²) in [4.78, 5) is 10.4. The predicted molar refractivity (Wildman–Crippen MR) is 61.9 cm³/mol. The molecule has 0 saturated carbocycles. The highest BCUT2D eigenvalue weighted by Gasteiger charge is 2.15. The predicted octanol–water partition coefficient (Wildman–Crippen LogP) is 2.80. The van der Waals surface area contributed by atoms with Gasteiger partial charge in [-0.05, 0) is 25.5 Å². The third-order valence-electron chi connectivity index (χ3n) is 2.20. The van der Waals surface area contributed by atoms with Gasteiger partial charge in [-0.3, -0.25) is 0 Å². The third-order valence-corrected chi connectivity index (χ3v) is 2.20. The molecule has 0 fully saturated rings. The molecule has 2 N–H and O–H groups in total. The Morgan fingerprint density at radius 3 is 2.47 bits per heavy atom. The molecule has 5 nitrogen and oxygen atoms in total. The van der Waals surface area contributed by atoms with Gasteiger partial charge in [0.25, 0.3) is 0 Å². The molecule has 0 bridgehead atoms. The van der Waals surface area contributed by atoms with Crippen LogP contribution in [0.15, 0.2) is 12.1 Å². The molecule has 5 heteroatoms. The minimum atomic E-state index is -1.45. The van der Waals surface area contributed by atoms with E-state index in [4.69, 9.17) is 9.84 Å². The fourth-order valence-corrected chi connectivity index (χ4v) is 1.56. The van der Waals surface area contributed by atoms with Gasteiger partial charge in [-0.15, -0.1) is 0 Å². The summed E-state index contributed by atoms with van der Waals surface area (Å²) in [5.41, 5.74) is 0.577. The average Bonchev–Trinajstić information content (AvgIpc) is 2.27. The van der Waals surface area contributed by atoms with Crippen LogP contribution in [0.1, 0.15) is 25.8 Å². The fraction of sp³-hybridized carbons (Fsp3) is 0.417. The van der Waals surface area contributed by atoms with E-state index in [1.165, 1.54) is 6.07 Å². The molecule has 0 saturated heterocycles. The van der Waals surface area contributed by atoms with Crippen molar-refractivity contribution in [2.24, 2.45) is 0 Å². The van der Waals surface area contributed by atoms with Crippen LogP contribution in [-0.2, 0) is 6.42 Å². The molecule has 0 radical (unpaired) electrons. The van der Waals surface area contributed by atoms with E-state index in [9.17, 15) is 9.90 Å². The minimum Gasteiger partial charge on any atom is -0.504 e. The maximum atomic E-state index is 10.4. The number of phenols is 1. The topological polar surface area (TPSA) is 76.0 Å². The molecule has 17 heavy (non-hydrogen) atoms. The van der Waals surface area contributed by atoms with E-state index in [2.05, 4.69) is 4.74 Å². The number of benzene rings is 1. The van der Waals surface area contributed by atoms with Gasteiger partial charge in [0.1, 0.15) is 5.75 Å². The summed E-state index contributed by atoms with van der Waals surface area (Å²) >= 11 is 0. The van der Waals surface area contributed by atoms with Gasteiger partial charge >= 0.3 is 6.16 Å². The van der Waals surface area contributed by atoms with Crippen LogP contribution in [0.25, 0.3) is 0 Å². The van der Waals surface area contributed by atoms with Crippen LogP contribution in [0, 0.1) is 0 Å². The van der Waals surface area contributed by atoms with Gasteiger partial charge in [0.05, 0.1) is 6.61 Å². The molecule has 1 aromatic carbocycles. The van der Waals surface area contributed by atoms with Crippen LogP contribution >= 0.6 is 0 Å². The summed E-state index contributed by atoms with van der Waals surface area (Å²) in [6, 6.07) is 2.99. The molecule has 0 aromatic heterocycles. The first-order chi connectivity index (χ1) is 8.10. The smallest absolute Gasteiger partial charge is 0.504 e. The largest absolute Gasteiger partial charge is 0.511 e. The lowest BCUT2D eigenvalue weighted by molar-refractivity contribution is 0.142. The Bertz CT molecular complexity index is 400. The van der Waals surface area contributed by atoms with Crippen molar-refractivity contribution in [3.63, 3.8) is 0 Å². The zero-order chi connectivity index (χ0) is 12.8. The summed E-state index contributed by atoms with van der Waals surface area (Å²) in [7, 11) is 0. The Morgan fingerprint density at radius 1 is 1.29 bits per heavy atom. The normalized spacial score (nSPS) is 10.0. The highest BCUT2D eigenvalue weighted by atomic mass is 16.7. The van der Waals surface area contributed by atoms with Gasteiger partial charge in [-0.1, -0.05) is 13.3 Å². The number of rotatable bonds is 5. The van der Waals surface area contributed by atoms with E-state index < -0.39 is 6.16 Å². The first-order valence-electron chi connectivity index (χ1n) is 5.48. The second-order valence-corrected chi connectivity index (χ2v) is 3.44. The molecule has 0 heterocycles. The van der Waals surface area contributed by atoms with Crippen molar-refractivity contribution in [1.29, 1.82) is 0 Å². The molecule has 0 aliphatic heterocycles. The molecule has 1 rings (SSSR count). The molecular formula is C12H16O5. The lowest BCUT2D eigenvalue weighted by Gasteiger charge is -2.13. The van der Waals surface area contributed by atoms with Crippen LogP contribution in [0.4, 0.5) is 4.79 Å². The molecule has 94 valence electrons. The highest BCUT2D eigenvalue weighted by Crippen LogP contribution is 2.37. The molecule has 0 aliphatic carbocycles. The number of carbonyl (C=O) groups is 1. The highest BCUT2D eigenvalue weighted by molar-refractivity contribution is 5.65. The zero-order valence-electron chi connectivity index (χ0n) is 9.90. The number of aromatic hydroxyl groups is 1. The Balaban J connectivity index is 3.12. The standard InChI is InChI=1S/C12H16O5/c1-3-5-8-9(16-4-2)6-7-10(11(8)13)17-12(14)15/h6-7,13H,3-5H2,1-2H3,(H,14,15). The van der Waals surface area contributed by atoms with E-state index in [1.807, 2.05) is 13.8 Å². The summed E-state index contributed by atoms with van der Waals surface area (Å²) in [6.45, 7) is 4.28. The van der Waals surface area contributed by atoms with Crippen molar-refractivity contribution in [3.8, 4) is 17.2 Å². The number of hydrogen-bond acceptors (Lipinski definition) is 4. The van der Waals surface area contributed by atoms with Crippen LogP contribution in [0.2, 0.25) is 0 Å². The molecule has 0 atom stereocenters. The Morgan fingerprint density at radius 2 is 1.94 bits per heavy atom. The van der Waals surface area contributed by atoms with E-state index in [-0.39, 0.29) is 11.5 Å². The Hall–Kier alpha value is -1.91. The number of ether oxygens (including phenoxy) is 2. The monoisotopic (exact) mass is 240 g/mol. The molecule has 0 amide bonds. The Kier molecular flexibility index (Phi) is 4.63. The van der Waals surface area contributed by atoms with E-state index >= 15 is 0 Å². The van der Waals surface area contributed by atoms with Crippen molar-refractivity contribution in [3.05, 3.63) is 17.7 Å². The first-order valence-corrected chi connectivity index (χ1v) is 5.48. The van der Waals surface area contributed by atoms with Crippen molar-refractivity contribution in [2.75, 3.05) is 6.61 Å². The molecule has 1 aromatic rings. The fourth-order valence-electron chi connectivity index (χ4n) is 1.56. The van der Waals surface area contributed by atoms with Crippen LogP contribution in [0.5, 0.6) is 17.2 Å². The first kappa shape index (κ1) is 13.2. The van der Waals surface area contributed by atoms with Gasteiger partial charge in [-0.2, -0.15) is 0 Å². The lowest BCUT2D eigenvalue weighted by Crippen LogP contribution is -2.05. The summed E-state index contributed by atoms with van der Waals surface area (Å²) in [6.07, 6.45) is -0.0470. The van der Waals surface area contributed by atoms with Gasteiger partial charge in [0.15, 0.2) is 11.5 Å². The van der Waals surface area contributed by atoms with Crippen LogP contribution in [0.3, 0.4) is 0 Å². The number of carboxylic acid groups (broad SMARTS) is 1. The van der Waals surface area contributed by atoms with Crippen molar-refractivity contribution in [2.45, 2.75) is 26.7 Å². The molecule has 0 aliphatic rings. The minimum absolute atomic E-state index is 0.0654. The summed E-state index contributed by atoms with van der Waals surface area (Å²) < 4.78 is 9.84. The van der Waals surface area contributed by atoms with E-state index in [1.54, 1.807) is 6.07 Å². The van der Waals surface area contributed by atoms with Gasteiger partial charge in [0.2, 0.25) is 0 Å². The maximum absolute atomic E-state index is 10.4. The van der Waals surface area contributed by atoms with Crippen LogP contribution in [-0.4, -0.2) is 23.0 Å². The average molecular weight is 240 g/mol. The summed E-state index contributed by atoms with van der Waals surface area (Å²) in [5.74, 6) is 0.328. The quantitative estimate of drug-likeness (QED) is 0.611. The van der Waals surface area contributed by atoms with Crippen molar-refractivity contribution in [1.82, 2.24) is 0 Å².